The number of hydrogen-bond acceptors (Lipinski definition) is 6. The molecule has 3 aromatic rings. The largest absolute Gasteiger partial charge is 0.367 e. The Hall–Kier alpha value is -2.51. The molecular weight excluding hydrogens is 220 g/mol. The molecule has 0 aromatic carbocycles. The highest BCUT2D eigenvalue weighted by atomic mass is 15.5. The van der Waals surface area contributed by atoms with Gasteiger partial charge in [-0.05, 0) is 16.5 Å². The van der Waals surface area contributed by atoms with Crippen molar-refractivity contribution in [3.8, 4) is 0 Å². The molecule has 86 valence electrons. The van der Waals surface area contributed by atoms with Crippen LogP contribution in [0, 0.1) is 0 Å². The van der Waals surface area contributed by atoms with Crippen molar-refractivity contribution in [2.75, 3.05) is 11.9 Å². The lowest BCUT2D eigenvalue weighted by Gasteiger charge is -2.06. The Labute approximate surface area is 96.3 Å². The van der Waals surface area contributed by atoms with Crippen molar-refractivity contribution in [3.05, 3.63) is 30.9 Å². The first-order chi connectivity index (χ1) is 8.43. The molecule has 0 saturated heterocycles. The maximum Gasteiger partial charge on any atom is 0.199 e. The summed E-state index contributed by atoms with van der Waals surface area (Å²) >= 11 is 0. The first-order valence-corrected chi connectivity index (χ1v) is 5.17. The third-order valence-corrected chi connectivity index (χ3v) is 2.31. The van der Waals surface area contributed by atoms with E-state index < -0.39 is 0 Å². The van der Waals surface area contributed by atoms with E-state index in [1.807, 2.05) is 16.9 Å². The van der Waals surface area contributed by atoms with Crippen molar-refractivity contribution >= 4 is 11.5 Å². The van der Waals surface area contributed by atoms with Gasteiger partial charge in [-0.2, -0.15) is 9.61 Å². The van der Waals surface area contributed by atoms with Gasteiger partial charge in [0, 0.05) is 18.9 Å². The van der Waals surface area contributed by atoms with Gasteiger partial charge in [0.2, 0.25) is 0 Å². The number of nitrogens with one attached hydrogen (secondary N) is 1. The molecule has 0 amide bonds. The van der Waals surface area contributed by atoms with Gasteiger partial charge in [0.05, 0.1) is 18.9 Å². The zero-order valence-electron chi connectivity index (χ0n) is 8.93. The number of nitrogens with zero attached hydrogens (tertiary/aromatic N) is 7. The molecule has 1 N–H and O–H groups in total. The molecule has 0 spiro atoms. The first-order valence-electron chi connectivity index (χ1n) is 5.17. The fourth-order valence-corrected chi connectivity index (χ4v) is 1.53. The normalized spacial score (nSPS) is 10.8. The van der Waals surface area contributed by atoms with Crippen molar-refractivity contribution in [2.45, 2.75) is 6.54 Å². The van der Waals surface area contributed by atoms with Gasteiger partial charge in [0.1, 0.15) is 5.82 Å². The average Bonchev–Trinajstić information content (AvgIpc) is 2.99. The number of hydrogen-bond donors (Lipinski definition) is 1. The lowest BCUT2D eigenvalue weighted by molar-refractivity contribution is 0.635. The van der Waals surface area contributed by atoms with E-state index in [1.165, 1.54) is 0 Å². The van der Waals surface area contributed by atoms with E-state index in [9.17, 15) is 0 Å². The van der Waals surface area contributed by atoms with Crippen LogP contribution >= 0.6 is 0 Å². The lowest BCUT2D eigenvalue weighted by Crippen LogP contribution is -2.13. The Balaban J connectivity index is 1.70. The number of fused-ring (bicyclic) bond motifs is 1. The van der Waals surface area contributed by atoms with Gasteiger partial charge in [-0.15, -0.1) is 5.10 Å². The number of tetrazole rings is 1. The predicted molar refractivity (Wildman–Crippen MR) is 59.3 cm³/mol. The van der Waals surface area contributed by atoms with Crippen LogP contribution in [-0.4, -0.2) is 41.4 Å². The molecule has 3 heterocycles. The molecule has 8 heteroatoms. The maximum atomic E-state index is 4.11. The number of aromatic nitrogens is 7. The molecule has 0 unspecified atom stereocenters. The minimum atomic E-state index is 0.620. The Morgan fingerprint density at radius 2 is 2.29 bits per heavy atom. The van der Waals surface area contributed by atoms with Crippen LogP contribution in [0.3, 0.4) is 0 Å². The molecule has 0 radical (unpaired) electrons. The van der Waals surface area contributed by atoms with Crippen LogP contribution in [0.2, 0.25) is 0 Å². The van der Waals surface area contributed by atoms with Crippen LogP contribution in [0.1, 0.15) is 0 Å². The van der Waals surface area contributed by atoms with Gasteiger partial charge in [-0.1, -0.05) is 0 Å². The maximum absolute atomic E-state index is 4.11. The third-order valence-electron chi connectivity index (χ3n) is 2.31. The van der Waals surface area contributed by atoms with E-state index in [2.05, 4.69) is 30.9 Å². The Bertz CT molecular complexity index is 598. The molecular formula is C9H10N8. The van der Waals surface area contributed by atoms with Gasteiger partial charge < -0.3 is 5.32 Å². The summed E-state index contributed by atoms with van der Waals surface area (Å²) in [6.07, 6.45) is 6.96. The summed E-state index contributed by atoms with van der Waals surface area (Å²) in [5, 5.41) is 18.6. The standard InChI is InChI=1S/C9H10N8/c1-2-12-16(4-1)5-3-11-8-6-10-7-9-13-14-15-17(8)9/h1-2,4,6-7,11H,3,5H2. The van der Waals surface area contributed by atoms with Crippen LogP contribution in [0.4, 0.5) is 5.82 Å². The Kier molecular flexibility index (Phi) is 2.37. The third kappa shape index (κ3) is 1.92. The second kappa shape index (κ2) is 4.16. The summed E-state index contributed by atoms with van der Waals surface area (Å²) in [5.74, 6) is 0.764. The highest BCUT2D eigenvalue weighted by molar-refractivity contribution is 5.43. The van der Waals surface area contributed by atoms with Gasteiger partial charge in [-0.25, -0.2) is 0 Å². The topological polar surface area (TPSA) is 85.8 Å². The quantitative estimate of drug-likeness (QED) is 0.669. The van der Waals surface area contributed by atoms with Crippen LogP contribution in [0.15, 0.2) is 30.9 Å². The van der Waals surface area contributed by atoms with Crippen molar-refractivity contribution in [1.82, 2.24) is 34.8 Å². The zero-order valence-corrected chi connectivity index (χ0v) is 8.93. The molecule has 8 nitrogen and oxygen atoms in total. The fraction of sp³-hybridized carbons (Fsp3) is 0.222. The minimum absolute atomic E-state index is 0.620. The van der Waals surface area contributed by atoms with E-state index in [0.29, 0.717) is 5.65 Å². The highest BCUT2D eigenvalue weighted by Crippen LogP contribution is 2.04. The minimum Gasteiger partial charge on any atom is -0.367 e. The molecule has 0 aliphatic heterocycles. The molecule has 0 fully saturated rings. The van der Waals surface area contributed by atoms with Gasteiger partial charge in [-0.3, -0.25) is 9.67 Å². The van der Waals surface area contributed by atoms with Crippen molar-refractivity contribution < 1.29 is 0 Å². The van der Waals surface area contributed by atoms with Crippen LogP contribution in [0.5, 0.6) is 0 Å². The van der Waals surface area contributed by atoms with Crippen molar-refractivity contribution in [3.63, 3.8) is 0 Å². The summed E-state index contributed by atoms with van der Waals surface area (Å²) in [7, 11) is 0. The predicted octanol–water partition coefficient (Wildman–Crippen LogP) is -0.172. The van der Waals surface area contributed by atoms with Crippen molar-refractivity contribution in [1.29, 1.82) is 0 Å². The molecule has 17 heavy (non-hydrogen) atoms. The molecule has 3 aromatic heterocycles. The summed E-state index contributed by atoms with van der Waals surface area (Å²) in [6.45, 7) is 1.49. The molecule has 0 saturated carbocycles. The lowest BCUT2D eigenvalue weighted by atomic mass is 10.5. The van der Waals surface area contributed by atoms with Crippen LogP contribution in [0.25, 0.3) is 5.65 Å². The van der Waals surface area contributed by atoms with Gasteiger partial charge in [0.25, 0.3) is 0 Å². The van der Waals surface area contributed by atoms with E-state index in [1.54, 1.807) is 23.1 Å². The smallest absolute Gasteiger partial charge is 0.199 e. The fourth-order valence-electron chi connectivity index (χ4n) is 1.53. The van der Waals surface area contributed by atoms with E-state index in [-0.39, 0.29) is 0 Å². The van der Waals surface area contributed by atoms with Gasteiger partial charge >= 0.3 is 0 Å². The number of anilines is 1. The van der Waals surface area contributed by atoms with E-state index in [4.69, 9.17) is 0 Å². The summed E-state index contributed by atoms with van der Waals surface area (Å²) in [6, 6.07) is 1.89. The molecule has 3 rings (SSSR count). The van der Waals surface area contributed by atoms with E-state index in [0.717, 1.165) is 18.9 Å². The zero-order chi connectivity index (χ0) is 11.5. The second-order valence-electron chi connectivity index (χ2n) is 3.44. The van der Waals surface area contributed by atoms with E-state index >= 15 is 0 Å². The Morgan fingerprint density at radius 1 is 1.29 bits per heavy atom. The van der Waals surface area contributed by atoms with Crippen LogP contribution in [-0.2, 0) is 6.54 Å². The number of rotatable bonds is 4. The highest BCUT2D eigenvalue weighted by Gasteiger charge is 2.02. The molecule has 0 bridgehead atoms. The average molecular weight is 230 g/mol. The summed E-state index contributed by atoms with van der Waals surface area (Å²) in [5.41, 5.74) is 0.620. The summed E-state index contributed by atoms with van der Waals surface area (Å²) < 4.78 is 3.45. The monoisotopic (exact) mass is 230 g/mol. The van der Waals surface area contributed by atoms with Crippen molar-refractivity contribution in [2.24, 2.45) is 0 Å². The molecule has 0 aliphatic rings. The van der Waals surface area contributed by atoms with Crippen LogP contribution < -0.4 is 5.32 Å². The SMILES string of the molecule is c1cnn(CCNc2cncc3nnnn23)c1. The Morgan fingerprint density at radius 3 is 3.18 bits per heavy atom. The molecule has 0 aliphatic carbocycles. The summed E-state index contributed by atoms with van der Waals surface area (Å²) in [4.78, 5) is 4.05. The molecule has 0 atom stereocenters. The van der Waals surface area contributed by atoms with Gasteiger partial charge in [0.15, 0.2) is 5.65 Å². The first kappa shape index (κ1) is 9.70. The second-order valence-corrected chi connectivity index (χ2v) is 3.44.